The number of nitrogens with one attached hydrogen (secondary N) is 1. The van der Waals surface area contributed by atoms with Gasteiger partial charge in [-0.2, -0.15) is 13.2 Å². The van der Waals surface area contributed by atoms with E-state index in [-0.39, 0.29) is 23.9 Å². The normalized spacial score (nSPS) is 13.2. The van der Waals surface area contributed by atoms with Crippen molar-refractivity contribution in [3.8, 4) is 0 Å². The molecular formula is C30H32Cl2F3N3O4S. The molecule has 43 heavy (non-hydrogen) atoms. The molecule has 7 nitrogen and oxygen atoms in total. The number of benzene rings is 3. The lowest BCUT2D eigenvalue weighted by Gasteiger charge is -2.34. The van der Waals surface area contributed by atoms with Gasteiger partial charge in [0.15, 0.2) is 0 Å². The summed E-state index contributed by atoms with van der Waals surface area (Å²) in [5.74, 6) is -1.28. The molecule has 3 aromatic carbocycles. The van der Waals surface area contributed by atoms with Crippen LogP contribution in [0.25, 0.3) is 0 Å². The maximum atomic E-state index is 14.1. The molecular weight excluding hydrogens is 626 g/mol. The van der Waals surface area contributed by atoms with Crippen LogP contribution in [-0.4, -0.2) is 43.8 Å². The molecule has 0 aliphatic rings. The molecule has 0 unspecified atom stereocenters. The third-order valence-electron chi connectivity index (χ3n) is 6.84. The van der Waals surface area contributed by atoms with Crippen LogP contribution >= 0.6 is 23.2 Å². The first-order valence-electron chi connectivity index (χ1n) is 13.5. The highest BCUT2D eigenvalue weighted by Gasteiger charge is 2.37. The van der Waals surface area contributed by atoms with E-state index >= 15 is 0 Å². The van der Waals surface area contributed by atoms with E-state index in [1.165, 1.54) is 29.2 Å². The Balaban J connectivity index is 2.15. The second-order valence-corrected chi connectivity index (χ2v) is 12.5. The zero-order valence-corrected chi connectivity index (χ0v) is 26.1. The Morgan fingerprint density at radius 1 is 0.907 bits per heavy atom. The second-order valence-electron chi connectivity index (χ2n) is 9.84. The number of hydrogen-bond acceptors (Lipinski definition) is 4. The third-order valence-corrected chi connectivity index (χ3v) is 9.33. The molecule has 0 fully saturated rings. The summed E-state index contributed by atoms with van der Waals surface area (Å²) in [4.78, 5) is 28.4. The van der Waals surface area contributed by atoms with Crippen molar-refractivity contribution in [3.05, 3.63) is 94.0 Å². The standard InChI is InChI=1S/C30H32Cl2F3N3O4S/c1-4-20(3)36-29(40)27(5-2)37(18-21-11-9-10-14-25(21)31)28(39)19-38(43(41,42)23-12-7-6-8-13-23)22-15-16-26(32)24(17-22)30(33,34)35/h6-17,20,27H,4-5,18-19H2,1-3H3,(H,36,40)/t20-,27+/m1/s1. The van der Waals surface area contributed by atoms with Crippen molar-refractivity contribution in [3.63, 3.8) is 0 Å². The van der Waals surface area contributed by atoms with Crippen LogP contribution in [0.4, 0.5) is 18.9 Å². The molecule has 0 aromatic heterocycles. The Morgan fingerprint density at radius 3 is 2.12 bits per heavy atom. The number of anilines is 1. The Kier molecular flexibility index (Phi) is 11.5. The summed E-state index contributed by atoms with van der Waals surface area (Å²) in [6.07, 6.45) is -4.10. The van der Waals surface area contributed by atoms with Gasteiger partial charge in [-0.15, -0.1) is 0 Å². The summed E-state index contributed by atoms with van der Waals surface area (Å²) >= 11 is 12.2. The summed E-state index contributed by atoms with van der Waals surface area (Å²) in [6, 6.07) is 15.0. The zero-order valence-electron chi connectivity index (χ0n) is 23.7. The van der Waals surface area contributed by atoms with E-state index in [1.807, 2.05) is 6.92 Å². The highest BCUT2D eigenvalue weighted by molar-refractivity contribution is 7.92. The predicted octanol–water partition coefficient (Wildman–Crippen LogP) is 6.93. The minimum atomic E-state index is -4.89. The molecule has 0 radical (unpaired) electrons. The van der Waals surface area contributed by atoms with Gasteiger partial charge < -0.3 is 10.2 Å². The summed E-state index contributed by atoms with van der Waals surface area (Å²) in [6.45, 7) is 4.32. The van der Waals surface area contributed by atoms with Gasteiger partial charge in [0.25, 0.3) is 10.0 Å². The van der Waals surface area contributed by atoms with Crippen LogP contribution in [0, 0.1) is 0 Å². The Labute approximate surface area is 259 Å². The number of nitrogens with zero attached hydrogens (tertiary/aromatic N) is 2. The molecule has 0 spiro atoms. The quantitative estimate of drug-likeness (QED) is 0.229. The van der Waals surface area contributed by atoms with Crippen LogP contribution in [0.5, 0.6) is 0 Å². The van der Waals surface area contributed by atoms with Crippen molar-refractivity contribution in [2.24, 2.45) is 0 Å². The number of rotatable bonds is 12. The van der Waals surface area contributed by atoms with Crippen molar-refractivity contribution in [2.45, 2.75) is 63.3 Å². The first-order chi connectivity index (χ1) is 20.2. The fraction of sp³-hybridized carbons (Fsp3) is 0.333. The van der Waals surface area contributed by atoms with Gasteiger partial charge in [-0.1, -0.05) is 73.4 Å². The predicted molar refractivity (Wildman–Crippen MR) is 161 cm³/mol. The third kappa shape index (κ3) is 8.43. The molecule has 13 heteroatoms. The molecule has 0 saturated heterocycles. The van der Waals surface area contributed by atoms with Gasteiger partial charge in [0.1, 0.15) is 12.6 Å². The van der Waals surface area contributed by atoms with Gasteiger partial charge in [0.05, 0.1) is 21.2 Å². The lowest BCUT2D eigenvalue weighted by Crippen LogP contribution is -2.53. The van der Waals surface area contributed by atoms with Crippen molar-refractivity contribution >= 4 is 50.7 Å². The first kappa shape index (κ1) is 34.2. The number of sulfonamides is 1. The largest absolute Gasteiger partial charge is 0.417 e. The van der Waals surface area contributed by atoms with E-state index in [0.717, 1.165) is 12.1 Å². The van der Waals surface area contributed by atoms with Gasteiger partial charge in [-0.3, -0.25) is 13.9 Å². The Bertz CT molecular complexity index is 1540. The van der Waals surface area contributed by atoms with E-state index in [1.54, 1.807) is 44.2 Å². The maximum Gasteiger partial charge on any atom is 0.417 e. The highest BCUT2D eigenvalue weighted by atomic mass is 35.5. The number of carbonyl (C=O) groups excluding carboxylic acids is 2. The summed E-state index contributed by atoms with van der Waals surface area (Å²) in [5.41, 5.74) is -1.20. The molecule has 3 aromatic rings. The molecule has 2 amide bonds. The second kappa shape index (κ2) is 14.5. The van der Waals surface area contributed by atoms with E-state index in [0.29, 0.717) is 27.4 Å². The van der Waals surface area contributed by atoms with E-state index in [9.17, 15) is 31.2 Å². The van der Waals surface area contributed by atoms with Gasteiger partial charge >= 0.3 is 6.18 Å². The molecule has 232 valence electrons. The van der Waals surface area contributed by atoms with Crippen molar-refractivity contribution in [2.75, 3.05) is 10.8 Å². The van der Waals surface area contributed by atoms with Crippen LogP contribution in [0.1, 0.15) is 44.7 Å². The minimum absolute atomic E-state index is 0.154. The van der Waals surface area contributed by atoms with Crippen LogP contribution in [0.2, 0.25) is 10.0 Å². The SMILES string of the molecule is CC[C@@H](C)NC(=O)[C@H](CC)N(Cc1ccccc1Cl)C(=O)CN(c1ccc(Cl)c(C(F)(F)F)c1)S(=O)(=O)c1ccccc1. The Hall–Kier alpha value is -3.28. The average Bonchev–Trinajstić information content (AvgIpc) is 2.96. The van der Waals surface area contributed by atoms with Crippen molar-refractivity contribution in [1.82, 2.24) is 10.2 Å². The fourth-order valence-electron chi connectivity index (χ4n) is 4.30. The topological polar surface area (TPSA) is 86.8 Å². The molecule has 0 aliphatic heterocycles. The van der Waals surface area contributed by atoms with E-state index in [4.69, 9.17) is 23.2 Å². The van der Waals surface area contributed by atoms with E-state index in [2.05, 4.69) is 5.32 Å². The number of amides is 2. The van der Waals surface area contributed by atoms with Crippen LogP contribution in [0.3, 0.4) is 0 Å². The van der Waals surface area contributed by atoms with Gasteiger partial charge in [-0.25, -0.2) is 8.42 Å². The highest BCUT2D eigenvalue weighted by Crippen LogP contribution is 2.38. The van der Waals surface area contributed by atoms with Gasteiger partial charge in [-0.05, 0) is 61.7 Å². The summed E-state index contributed by atoms with van der Waals surface area (Å²) < 4.78 is 69.6. The lowest BCUT2D eigenvalue weighted by molar-refractivity contribution is -0.140. The lowest BCUT2D eigenvalue weighted by atomic mass is 10.1. The number of hydrogen-bond donors (Lipinski definition) is 1. The van der Waals surface area contributed by atoms with Gasteiger partial charge in [0.2, 0.25) is 11.8 Å². The maximum absolute atomic E-state index is 14.1. The van der Waals surface area contributed by atoms with Crippen LogP contribution < -0.4 is 9.62 Å². The Morgan fingerprint density at radius 2 is 1.53 bits per heavy atom. The molecule has 0 heterocycles. The van der Waals surface area contributed by atoms with Crippen LogP contribution in [-0.2, 0) is 32.3 Å². The number of alkyl halides is 3. The summed E-state index contributed by atoms with van der Waals surface area (Å²) in [7, 11) is -4.57. The van der Waals surface area contributed by atoms with Crippen molar-refractivity contribution < 1.29 is 31.2 Å². The fourth-order valence-corrected chi connectivity index (χ4v) is 6.15. The van der Waals surface area contributed by atoms with E-state index < -0.39 is 56.9 Å². The summed E-state index contributed by atoms with van der Waals surface area (Å²) in [5, 5.41) is 2.54. The number of halogens is 5. The molecule has 2 atom stereocenters. The molecule has 1 N–H and O–H groups in total. The molecule has 0 aliphatic carbocycles. The molecule has 0 bridgehead atoms. The zero-order chi connectivity index (χ0) is 31.9. The van der Waals surface area contributed by atoms with Gasteiger partial charge in [0, 0.05) is 17.6 Å². The monoisotopic (exact) mass is 657 g/mol. The molecule has 0 saturated carbocycles. The minimum Gasteiger partial charge on any atom is -0.352 e. The first-order valence-corrected chi connectivity index (χ1v) is 15.7. The number of carbonyl (C=O) groups is 2. The van der Waals surface area contributed by atoms with Crippen LogP contribution in [0.15, 0.2) is 77.7 Å². The van der Waals surface area contributed by atoms with Crippen molar-refractivity contribution in [1.29, 1.82) is 0 Å². The average molecular weight is 659 g/mol. The molecule has 3 rings (SSSR count). The smallest absolute Gasteiger partial charge is 0.352 e.